The Morgan fingerprint density at radius 3 is 0.905 bits per heavy atom. The number of ether oxygens (including phenoxy) is 4. The van der Waals surface area contributed by atoms with Crippen molar-refractivity contribution in [3.63, 3.8) is 0 Å². The quantitative estimate of drug-likeness (QED) is 0.0280. The molecule has 0 saturated carbocycles. The van der Waals surface area contributed by atoms with Crippen molar-refractivity contribution in [2.75, 3.05) is 26.4 Å². The highest BCUT2D eigenvalue weighted by Crippen LogP contribution is 2.54. The molecule has 0 aromatic rings. The van der Waals surface area contributed by atoms with E-state index in [1.807, 2.05) is 41.2 Å². The predicted molar refractivity (Wildman–Crippen MR) is 203 cm³/mol. The molecule has 0 bridgehead atoms. The number of hydrogen-bond acceptors (Lipinski definition) is 8. The third kappa shape index (κ3) is 24.8. The smallest absolute Gasteiger partial charge is 0.200 e. The van der Waals surface area contributed by atoms with Gasteiger partial charge in [-0.2, -0.15) is 0 Å². The Morgan fingerprint density at radius 1 is 0.381 bits per heavy atom. The summed E-state index contributed by atoms with van der Waals surface area (Å²) in [5.41, 5.74) is 0. The minimum Gasteiger partial charge on any atom is -0.345 e. The van der Waals surface area contributed by atoms with Crippen molar-refractivity contribution in [2.24, 2.45) is 0 Å². The van der Waals surface area contributed by atoms with E-state index in [0.717, 1.165) is 52.1 Å². The minimum absolute atomic E-state index is 0.432. The van der Waals surface area contributed by atoms with E-state index in [1.165, 1.54) is 102 Å². The van der Waals surface area contributed by atoms with Crippen LogP contribution in [0.15, 0.2) is 0 Å². The Bertz CT molecular complexity index is 444. The summed E-state index contributed by atoms with van der Waals surface area (Å²) >= 11 is 0. The Morgan fingerprint density at radius 2 is 0.643 bits per heavy atom. The summed E-state index contributed by atoms with van der Waals surface area (Å²) in [6, 6.07) is 2.58. The molecule has 0 radical (unpaired) electrons. The zero-order valence-electron chi connectivity index (χ0n) is 28.7. The fraction of sp³-hybridized carbons (Fsp3) is 1.00. The van der Waals surface area contributed by atoms with Crippen molar-refractivity contribution in [3.8, 4) is 0 Å². The van der Waals surface area contributed by atoms with Crippen molar-refractivity contribution in [1.82, 2.24) is 0 Å². The average Bonchev–Trinajstić information content (AvgIpc) is 3.00. The molecule has 0 aliphatic heterocycles. The SMILES string of the molecule is CCCCCOC(OCCCCC)([SiH2]CCCCC)SSSSC(OCCCCC)(OCCCCC)[SiH2]CCCCC. The van der Waals surface area contributed by atoms with Gasteiger partial charge in [0.2, 0.25) is 9.48 Å². The maximum Gasteiger partial charge on any atom is 0.200 e. The number of unbranched alkanes of at least 4 members (excludes halogenated alkanes) is 12. The van der Waals surface area contributed by atoms with Gasteiger partial charge in [-0.25, -0.2) is 0 Å². The number of rotatable bonds is 35. The van der Waals surface area contributed by atoms with E-state index in [1.54, 1.807) is 0 Å². The van der Waals surface area contributed by atoms with Gasteiger partial charge in [-0.3, -0.25) is 0 Å². The molecule has 0 aromatic heterocycles. The van der Waals surface area contributed by atoms with Crippen molar-refractivity contribution >= 4 is 60.3 Å². The van der Waals surface area contributed by atoms with Crippen LogP contribution in [0.4, 0.5) is 0 Å². The van der Waals surface area contributed by atoms with Crippen LogP contribution in [0.5, 0.6) is 0 Å². The second-order valence-electron chi connectivity index (χ2n) is 11.5. The second kappa shape index (κ2) is 32.6. The van der Waals surface area contributed by atoms with Crippen LogP contribution >= 0.6 is 41.2 Å². The highest BCUT2D eigenvalue weighted by atomic mass is 33.7. The Hall–Kier alpha value is 1.67. The molecule has 0 fully saturated rings. The second-order valence-corrected chi connectivity index (χ2v) is 22.9. The molecule has 0 amide bonds. The lowest BCUT2D eigenvalue weighted by Crippen LogP contribution is -2.39. The van der Waals surface area contributed by atoms with Crippen molar-refractivity contribution in [3.05, 3.63) is 0 Å². The molecule has 4 nitrogen and oxygen atoms in total. The van der Waals surface area contributed by atoms with Crippen LogP contribution in [-0.4, -0.2) is 55.0 Å². The summed E-state index contributed by atoms with van der Waals surface area (Å²) in [4.78, 5) is 0. The topological polar surface area (TPSA) is 36.9 Å². The fourth-order valence-electron chi connectivity index (χ4n) is 4.54. The van der Waals surface area contributed by atoms with Crippen molar-refractivity contribution < 1.29 is 18.9 Å². The van der Waals surface area contributed by atoms with Crippen LogP contribution in [0.1, 0.15) is 157 Å². The standard InChI is InChI=1S/C32H70O4S4Si2/c1-7-13-19-25-33-31(34-26-20-14-8-2,41-29-23-17-11-5)37-39-40-38-32(35-27-21-15-9-3,36-28-22-16-10-4)42-30-24-18-12-6/h7-30,41-42H2,1-6H3. The van der Waals surface area contributed by atoms with Crippen molar-refractivity contribution in [2.45, 2.75) is 179 Å². The molecular weight excluding hydrogens is 633 g/mol. The molecule has 10 heteroatoms. The Labute approximate surface area is 282 Å². The Balaban J connectivity index is 5.53. The van der Waals surface area contributed by atoms with E-state index in [9.17, 15) is 0 Å². The lowest BCUT2D eigenvalue weighted by Gasteiger charge is -2.34. The van der Waals surface area contributed by atoms with E-state index in [-0.39, 0.29) is 0 Å². The fourth-order valence-corrected chi connectivity index (χ4v) is 19.4. The highest BCUT2D eigenvalue weighted by molar-refractivity contribution is 9.26. The van der Waals surface area contributed by atoms with Crippen LogP contribution in [0.25, 0.3) is 0 Å². The monoisotopic (exact) mass is 702 g/mol. The van der Waals surface area contributed by atoms with Crippen molar-refractivity contribution in [1.29, 1.82) is 0 Å². The van der Waals surface area contributed by atoms with Crippen LogP contribution in [0.3, 0.4) is 0 Å². The number of hydrogen-bond donors (Lipinski definition) is 0. The van der Waals surface area contributed by atoms with E-state index < -0.39 is 28.5 Å². The van der Waals surface area contributed by atoms with E-state index >= 15 is 0 Å². The largest absolute Gasteiger partial charge is 0.345 e. The molecule has 0 heterocycles. The van der Waals surface area contributed by atoms with Gasteiger partial charge in [-0.15, -0.1) is 0 Å². The molecular formula is C32H70O4S4Si2. The summed E-state index contributed by atoms with van der Waals surface area (Å²) in [5, 5.41) is 0. The molecule has 0 unspecified atom stereocenters. The zero-order chi connectivity index (χ0) is 31.0. The first kappa shape index (κ1) is 43.7. The first-order valence-corrected chi connectivity index (χ1v) is 26.1. The predicted octanol–water partition coefficient (Wildman–Crippen LogP) is 11.3. The maximum atomic E-state index is 6.71. The van der Waals surface area contributed by atoms with Gasteiger partial charge < -0.3 is 18.9 Å². The summed E-state index contributed by atoms with van der Waals surface area (Å²) in [6.45, 7) is 16.9. The third-order valence-corrected chi connectivity index (χ3v) is 20.9. The van der Waals surface area contributed by atoms with Crippen LogP contribution in [0, 0.1) is 0 Å². The molecule has 0 rings (SSSR count). The summed E-state index contributed by atoms with van der Waals surface area (Å²) in [5.74, 6) is 0. The summed E-state index contributed by atoms with van der Waals surface area (Å²) in [6.07, 6.45) is 22.0. The van der Waals surface area contributed by atoms with Crippen LogP contribution in [-0.2, 0) is 18.9 Å². The third-order valence-electron chi connectivity index (χ3n) is 7.30. The summed E-state index contributed by atoms with van der Waals surface area (Å²) < 4.78 is 26.0. The van der Waals surface area contributed by atoms with Gasteiger partial charge in [-0.1, -0.05) is 144 Å². The Kier molecular flexibility index (Phi) is 33.9. The molecule has 0 saturated heterocycles. The molecule has 42 heavy (non-hydrogen) atoms. The highest BCUT2D eigenvalue weighted by Gasteiger charge is 2.36. The minimum atomic E-state index is -0.569. The van der Waals surface area contributed by atoms with Gasteiger partial charge in [-0.05, 0) is 66.9 Å². The first-order chi connectivity index (χ1) is 20.6. The normalized spacial score (nSPS) is 13.0. The van der Waals surface area contributed by atoms with Crippen LogP contribution < -0.4 is 0 Å². The summed E-state index contributed by atoms with van der Waals surface area (Å²) in [7, 11) is 6.29. The van der Waals surface area contributed by atoms with Gasteiger partial charge >= 0.3 is 0 Å². The first-order valence-electron chi connectivity index (χ1n) is 17.8. The molecule has 0 spiro atoms. The van der Waals surface area contributed by atoms with Gasteiger partial charge in [0.1, 0.15) is 19.0 Å². The molecule has 0 aliphatic carbocycles. The van der Waals surface area contributed by atoms with Gasteiger partial charge in [0, 0.05) is 0 Å². The lowest BCUT2D eigenvalue weighted by atomic mass is 10.3. The molecule has 0 aliphatic rings. The van der Waals surface area contributed by atoms with E-state index in [0.29, 0.717) is 0 Å². The van der Waals surface area contributed by atoms with E-state index in [2.05, 4.69) is 41.5 Å². The molecule has 0 aromatic carbocycles. The lowest BCUT2D eigenvalue weighted by molar-refractivity contribution is -0.118. The average molecular weight is 703 g/mol. The molecule has 254 valence electrons. The molecule has 0 N–H and O–H groups in total. The zero-order valence-corrected chi connectivity index (χ0v) is 34.7. The van der Waals surface area contributed by atoms with Gasteiger partial charge in [0.15, 0.2) is 0 Å². The maximum absolute atomic E-state index is 6.71. The molecule has 0 atom stereocenters. The van der Waals surface area contributed by atoms with Crippen LogP contribution in [0.2, 0.25) is 12.1 Å². The van der Waals surface area contributed by atoms with Gasteiger partial charge in [0.25, 0.3) is 0 Å². The van der Waals surface area contributed by atoms with E-state index in [4.69, 9.17) is 18.9 Å². The van der Waals surface area contributed by atoms with Gasteiger partial charge in [0.05, 0.1) is 26.4 Å².